The Bertz CT molecular complexity index is 862. The summed E-state index contributed by atoms with van der Waals surface area (Å²) in [5.41, 5.74) is 1.11. The Kier molecular flexibility index (Phi) is 7.09. The number of methoxy groups -OCH3 is 1. The SMILES string of the molecule is COc1ccc2cc(CN(C)[C@H](C)C(=O)NC(=O)NC3CCCCC3)ccc2c1. The minimum absolute atomic E-state index is 0.181. The minimum atomic E-state index is -0.418. The minimum Gasteiger partial charge on any atom is -0.497 e. The second-order valence-electron chi connectivity index (χ2n) is 7.94. The summed E-state index contributed by atoms with van der Waals surface area (Å²) in [5, 5.41) is 7.65. The highest BCUT2D eigenvalue weighted by atomic mass is 16.5. The van der Waals surface area contributed by atoms with Crippen LogP contribution in [0.3, 0.4) is 0 Å². The van der Waals surface area contributed by atoms with Crippen LogP contribution in [-0.2, 0) is 11.3 Å². The molecular weight excluding hydrogens is 366 g/mol. The summed E-state index contributed by atoms with van der Waals surface area (Å²) in [6.45, 7) is 2.43. The molecule has 1 saturated carbocycles. The van der Waals surface area contributed by atoms with Gasteiger partial charge in [0.2, 0.25) is 5.91 Å². The number of nitrogens with zero attached hydrogens (tertiary/aromatic N) is 1. The number of imide groups is 1. The fourth-order valence-electron chi connectivity index (χ4n) is 3.81. The Labute approximate surface area is 172 Å². The fraction of sp³-hybridized carbons (Fsp3) is 0.478. The fourth-order valence-corrected chi connectivity index (χ4v) is 3.81. The van der Waals surface area contributed by atoms with Crippen molar-refractivity contribution in [2.75, 3.05) is 14.2 Å². The molecule has 2 aromatic carbocycles. The van der Waals surface area contributed by atoms with Crippen LogP contribution in [0.1, 0.15) is 44.6 Å². The largest absolute Gasteiger partial charge is 0.497 e. The van der Waals surface area contributed by atoms with E-state index in [4.69, 9.17) is 4.74 Å². The number of carbonyl (C=O) groups excluding carboxylic acids is 2. The maximum atomic E-state index is 12.5. The van der Waals surface area contributed by atoms with Gasteiger partial charge in [-0.15, -0.1) is 0 Å². The van der Waals surface area contributed by atoms with Crippen LogP contribution in [0.5, 0.6) is 5.75 Å². The summed E-state index contributed by atoms with van der Waals surface area (Å²) in [6.07, 6.45) is 5.48. The van der Waals surface area contributed by atoms with Crippen LogP contribution >= 0.6 is 0 Å². The van der Waals surface area contributed by atoms with Crippen molar-refractivity contribution >= 4 is 22.7 Å². The number of hydrogen-bond donors (Lipinski definition) is 2. The first-order valence-corrected chi connectivity index (χ1v) is 10.3. The third kappa shape index (κ3) is 5.70. The Hall–Kier alpha value is -2.60. The van der Waals surface area contributed by atoms with Crippen molar-refractivity contribution in [1.82, 2.24) is 15.5 Å². The molecule has 0 aromatic heterocycles. The molecule has 1 aliphatic rings. The number of urea groups is 1. The molecule has 0 spiro atoms. The zero-order chi connectivity index (χ0) is 20.8. The molecule has 1 atom stereocenters. The van der Waals surface area contributed by atoms with E-state index >= 15 is 0 Å². The molecule has 156 valence electrons. The Morgan fingerprint density at radius 2 is 1.79 bits per heavy atom. The van der Waals surface area contributed by atoms with E-state index in [9.17, 15) is 9.59 Å². The number of hydrogen-bond acceptors (Lipinski definition) is 4. The topological polar surface area (TPSA) is 70.7 Å². The number of amides is 3. The van der Waals surface area contributed by atoms with E-state index in [0.717, 1.165) is 47.8 Å². The van der Waals surface area contributed by atoms with Crippen molar-refractivity contribution in [2.45, 2.75) is 57.7 Å². The van der Waals surface area contributed by atoms with Crippen molar-refractivity contribution in [3.63, 3.8) is 0 Å². The Morgan fingerprint density at radius 3 is 2.52 bits per heavy atom. The quantitative estimate of drug-likeness (QED) is 0.777. The predicted molar refractivity (Wildman–Crippen MR) is 115 cm³/mol. The molecular formula is C23H31N3O3. The molecule has 2 N–H and O–H groups in total. The van der Waals surface area contributed by atoms with Crippen molar-refractivity contribution in [1.29, 1.82) is 0 Å². The molecule has 3 rings (SSSR count). The molecule has 0 aliphatic heterocycles. The lowest BCUT2D eigenvalue weighted by Crippen LogP contribution is -2.50. The van der Waals surface area contributed by atoms with Crippen LogP contribution in [0.15, 0.2) is 36.4 Å². The van der Waals surface area contributed by atoms with Gasteiger partial charge in [0.15, 0.2) is 0 Å². The molecule has 6 nitrogen and oxygen atoms in total. The zero-order valence-corrected chi connectivity index (χ0v) is 17.5. The lowest BCUT2D eigenvalue weighted by molar-refractivity contribution is -0.124. The van der Waals surface area contributed by atoms with Crippen molar-refractivity contribution in [3.05, 3.63) is 42.0 Å². The van der Waals surface area contributed by atoms with Gasteiger partial charge in [0.1, 0.15) is 5.75 Å². The number of benzene rings is 2. The molecule has 3 amide bonds. The maximum Gasteiger partial charge on any atom is 0.321 e. The normalized spacial score (nSPS) is 15.9. The van der Waals surface area contributed by atoms with Crippen molar-refractivity contribution in [2.24, 2.45) is 0 Å². The van der Waals surface area contributed by atoms with Gasteiger partial charge in [0.05, 0.1) is 13.2 Å². The second-order valence-corrected chi connectivity index (χ2v) is 7.94. The molecule has 0 radical (unpaired) electrons. The van der Waals surface area contributed by atoms with Crippen molar-refractivity contribution < 1.29 is 14.3 Å². The van der Waals surface area contributed by atoms with Crippen LogP contribution in [0.2, 0.25) is 0 Å². The van der Waals surface area contributed by atoms with Gasteiger partial charge in [0.25, 0.3) is 0 Å². The summed E-state index contributed by atoms with van der Waals surface area (Å²) < 4.78 is 5.27. The predicted octanol–water partition coefficient (Wildman–Crippen LogP) is 3.83. The third-order valence-electron chi connectivity index (χ3n) is 5.76. The summed E-state index contributed by atoms with van der Waals surface area (Å²) >= 11 is 0. The Morgan fingerprint density at radius 1 is 1.10 bits per heavy atom. The number of fused-ring (bicyclic) bond motifs is 1. The Balaban J connectivity index is 1.54. The molecule has 0 unspecified atom stereocenters. The van der Waals surface area contributed by atoms with Crippen molar-refractivity contribution in [3.8, 4) is 5.75 Å². The molecule has 6 heteroatoms. The number of rotatable bonds is 6. The lowest BCUT2D eigenvalue weighted by atomic mass is 9.96. The molecule has 2 aromatic rings. The maximum absolute atomic E-state index is 12.5. The molecule has 1 fully saturated rings. The first-order valence-electron chi connectivity index (χ1n) is 10.3. The summed E-state index contributed by atoms with van der Waals surface area (Å²) in [5.74, 6) is 0.547. The number of likely N-dealkylation sites (N-methyl/N-ethyl adjacent to an activating group) is 1. The molecule has 0 bridgehead atoms. The van der Waals surface area contributed by atoms with Gasteiger partial charge in [-0.1, -0.05) is 37.5 Å². The van der Waals surface area contributed by atoms with Gasteiger partial charge in [0, 0.05) is 12.6 Å². The van der Waals surface area contributed by atoms with Gasteiger partial charge in [-0.2, -0.15) is 0 Å². The second kappa shape index (κ2) is 9.74. The smallest absolute Gasteiger partial charge is 0.321 e. The van der Waals surface area contributed by atoms with Gasteiger partial charge in [-0.05, 0) is 61.3 Å². The first-order chi connectivity index (χ1) is 14.0. The number of carbonyl (C=O) groups is 2. The molecule has 1 aliphatic carbocycles. The number of nitrogens with one attached hydrogen (secondary N) is 2. The van der Waals surface area contributed by atoms with E-state index in [2.05, 4.69) is 28.8 Å². The van der Waals surface area contributed by atoms with E-state index in [-0.39, 0.29) is 18.0 Å². The lowest BCUT2D eigenvalue weighted by Gasteiger charge is -2.25. The average molecular weight is 398 g/mol. The molecule has 29 heavy (non-hydrogen) atoms. The van der Waals surface area contributed by atoms with E-state index in [1.807, 2.05) is 37.1 Å². The molecule has 0 saturated heterocycles. The van der Waals surface area contributed by atoms with E-state index < -0.39 is 6.04 Å². The van der Waals surface area contributed by atoms with E-state index in [1.165, 1.54) is 6.42 Å². The standard InChI is InChI=1S/C23H31N3O3/c1-16(22(27)25-23(28)24-20-7-5-4-6-8-20)26(2)15-17-9-10-19-14-21(29-3)12-11-18(19)13-17/h9-14,16,20H,4-8,15H2,1-3H3,(H2,24,25,27,28)/t16-/m1/s1. The van der Waals surface area contributed by atoms with E-state index in [1.54, 1.807) is 7.11 Å². The molecule has 0 heterocycles. The summed E-state index contributed by atoms with van der Waals surface area (Å²) in [6, 6.07) is 11.6. The monoisotopic (exact) mass is 397 g/mol. The summed E-state index contributed by atoms with van der Waals surface area (Å²) in [4.78, 5) is 26.6. The highest BCUT2D eigenvalue weighted by Gasteiger charge is 2.22. The average Bonchev–Trinajstić information content (AvgIpc) is 2.73. The van der Waals surface area contributed by atoms with Gasteiger partial charge in [-0.3, -0.25) is 15.0 Å². The van der Waals surface area contributed by atoms with Gasteiger partial charge in [-0.25, -0.2) is 4.79 Å². The summed E-state index contributed by atoms with van der Waals surface area (Å²) in [7, 11) is 3.55. The third-order valence-corrected chi connectivity index (χ3v) is 5.76. The number of ether oxygens (including phenoxy) is 1. The van der Waals surface area contributed by atoms with Crippen LogP contribution < -0.4 is 15.4 Å². The van der Waals surface area contributed by atoms with Crippen LogP contribution in [0.25, 0.3) is 10.8 Å². The zero-order valence-electron chi connectivity index (χ0n) is 17.5. The van der Waals surface area contributed by atoms with Gasteiger partial charge < -0.3 is 10.1 Å². The van der Waals surface area contributed by atoms with Crippen LogP contribution in [-0.4, -0.2) is 43.1 Å². The highest BCUT2D eigenvalue weighted by molar-refractivity contribution is 5.96. The van der Waals surface area contributed by atoms with E-state index in [0.29, 0.717) is 6.54 Å². The first kappa shape index (κ1) is 21.1. The van der Waals surface area contributed by atoms with Crippen LogP contribution in [0.4, 0.5) is 4.79 Å². The van der Waals surface area contributed by atoms with Crippen LogP contribution in [0, 0.1) is 0 Å². The highest BCUT2D eigenvalue weighted by Crippen LogP contribution is 2.22. The van der Waals surface area contributed by atoms with Gasteiger partial charge >= 0.3 is 6.03 Å².